The van der Waals surface area contributed by atoms with E-state index >= 15 is 0 Å². The van der Waals surface area contributed by atoms with E-state index in [1.807, 2.05) is 49.9 Å². The number of para-hydroxylation sites is 1. The number of ether oxygens (including phenoxy) is 1. The number of amides is 1. The molecular formula is C15H24N2O2. The second-order valence-corrected chi connectivity index (χ2v) is 4.38. The fraction of sp³-hybridized carbons (Fsp3) is 0.533. The van der Waals surface area contributed by atoms with E-state index in [4.69, 9.17) is 4.74 Å². The first-order valence-corrected chi connectivity index (χ1v) is 6.78. The summed E-state index contributed by atoms with van der Waals surface area (Å²) < 4.78 is 5.37. The summed E-state index contributed by atoms with van der Waals surface area (Å²) in [5.41, 5.74) is 1.04. The average molecular weight is 264 g/mol. The minimum atomic E-state index is 0.00676. The minimum Gasteiger partial charge on any atom is -0.496 e. The molecule has 0 heterocycles. The van der Waals surface area contributed by atoms with Crippen molar-refractivity contribution >= 4 is 5.91 Å². The molecule has 106 valence electrons. The molecule has 1 aromatic rings. The van der Waals surface area contributed by atoms with Crippen LogP contribution in [0.25, 0.3) is 0 Å². The van der Waals surface area contributed by atoms with Gasteiger partial charge in [-0.25, -0.2) is 0 Å². The SMILES string of the molecule is CCNCC(=O)N(CC)[C@@H](C)c1ccccc1OC. The third-order valence-corrected chi connectivity index (χ3v) is 3.24. The second-order valence-electron chi connectivity index (χ2n) is 4.38. The minimum absolute atomic E-state index is 0.00676. The molecule has 0 aliphatic heterocycles. The van der Waals surface area contributed by atoms with Gasteiger partial charge >= 0.3 is 0 Å². The van der Waals surface area contributed by atoms with Gasteiger partial charge in [0.15, 0.2) is 0 Å². The number of hydrogen-bond donors (Lipinski definition) is 1. The zero-order valence-electron chi connectivity index (χ0n) is 12.3. The van der Waals surface area contributed by atoms with Crippen molar-refractivity contribution in [2.24, 2.45) is 0 Å². The standard InChI is InChI=1S/C15H24N2O2/c1-5-16-11-15(18)17(6-2)12(3)13-9-7-8-10-14(13)19-4/h7-10,12,16H,5-6,11H2,1-4H3/t12-/m0/s1. The lowest BCUT2D eigenvalue weighted by Crippen LogP contribution is -2.39. The van der Waals surface area contributed by atoms with Gasteiger partial charge in [0.2, 0.25) is 5.91 Å². The van der Waals surface area contributed by atoms with Gasteiger partial charge in [-0.15, -0.1) is 0 Å². The largest absolute Gasteiger partial charge is 0.496 e. The summed E-state index contributed by atoms with van der Waals surface area (Å²) in [6.45, 7) is 7.88. The Labute approximate surface area is 115 Å². The fourth-order valence-corrected chi connectivity index (χ4v) is 2.18. The van der Waals surface area contributed by atoms with E-state index in [-0.39, 0.29) is 11.9 Å². The number of rotatable bonds is 7. The normalized spacial score (nSPS) is 12.0. The third-order valence-electron chi connectivity index (χ3n) is 3.24. The summed E-state index contributed by atoms with van der Waals surface area (Å²) in [4.78, 5) is 14.0. The van der Waals surface area contributed by atoms with Crippen LogP contribution >= 0.6 is 0 Å². The van der Waals surface area contributed by atoms with Crippen molar-refractivity contribution in [1.29, 1.82) is 0 Å². The first-order chi connectivity index (χ1) is 9.15. The van der Waals surface area contributed by atoms with Gasteiger partial charge in [0, 0.05) is 12.1 Å². The molecule has 0 aliphatic rings. The topological polar surface area (TPSA) is 41.6 Å². The summed E-state index contributed by atoms with van der Waals surface area (Å²) in [6.07, 6.45) is 0. The Morgan fingerprint density at radius 1 is 1.37 bits per heavy atom. The van der Waals surface area contributed by atoms with Crippen molar-refractivity contribution in [3.05, 3.63) is 29.8 Å². The van der Waals surface area contributed by atoms with Crippen LogP contribution in [0.5, 0.6) is 5.75 Å². The molecule has 4 heteroatoms. The number of benzene rings is 1. The summed E-state index contributed by atoms with van der Waals surface area (Å²) in [7, 11) is 1.66. The maximum Gasteiger partial charge on any atom is 0.237 e. The van der Waals surface area contributed by atoms with Gasteiger partial charge < -0.3 is 15.0 Å². The summed E-state index contributed by atoms with van der Waals surface area (Å²) in [5, 5.41) is 3.08. The van der Waals surface area contributed by atoms with Gasteiger partial charge in [0.1, 0.15) is 5.75 Å². The molecule has 1 aromatic carbocycles. The van der Waals surface area contributed by atoms with Gasteiger partial charge in [-0.05, 0) is 26.5 Å². The number of hydrogen-bond acceptors (Lipinski definition) is 3. The molecule has 4 nitrogen and oxygen atoms in total. The lowest BCUT2D eigenvalue weighted by atomic mass is 10.1. The lowest BCUT2D eigenvalue weighted by molar-refractivity contribution is -0.132. The van der Waals surface area contributed by atoms with Crippen molar-refractivity contribution in [2.45, 2.75) is 26.8 Å². The van der Waals surface area contributed by atoms with Crippen molar-refractivity contribution in [3.63, 3.8) is 0 Å². The highest BCUT2D eigenvalue weighted by Crippen LogP contribution is 2.28. The molecule has 0 saturated carbocycles. The summed E-state index contributed by atoms with van der Waals surface area (Å²) in [5.74, 6) is 0.937. The van der Waals surface area contributed by atoms with Crippen LogP contribution in [0.3, 0.4) is 0 Å². The van der Waals surface area contributed by atoms with Crippen LogP contribution in [-0.2, 0) is 4.79 Å². The molecule has 1 atom stereocenters. The number of carbonyl (C=O) groups is 1. The van der Waals surface area contributed by atoms with Crippen LogP contribution in [0.1, 0.15) is 32.4 Å². The number of nitrogens with one attached hydrogen (secondary N) is 1. The van der Waals surface area contributed by atoms with Gasteiger partial charge in [0.05, 0.1) is 19.7 Å². The Hall–Kier alpha value is -1.55. The molecule has 0 aliphatic carbocycles. The smallest absolute Gasteiger partial charge is 0.237 e. The van der Waals surface area contributed by atoms with Gasteiger partial charge in [-0.1, -0.05) is 25.1 Å². The fourth-order valence-electron chi connectivity index (χ4n) is 2.18. The van der Waals surface area contributed by atoms with Gasteiger partial charge in [-0.3, -0.25) is 4.79 Å². The predicted molar refractivity (Wildman–Crippen MR) is 77.3 cm³/mol. The molecule has 0 bridgehead atoms. The molecular weight excluding hydrogens is 240 g/mol. The van der Waals surface area contributed by atoms with Crippen LogP contribution in [0.4, 0.5) is 0 Å². The number of carbonyl (C=O) groups excluding carboxylic acids is 1. The Morgan fingerprint density at radius 3 is 2.63 bits per heavy atom. The Balaban J connectivity index is 2.88. The van der Waals surface area contributed by atoms with E-state index < -0.39 is 0 Å². The molecule has 0 spiro atoms. The van der Waals surface area contributed by atoms with E-state index in [1.54, 1.807) is 7.11 Å². The van der Waals surface area contributed by atoms with E-state index in [1.165, 1.54) is 0 Å². The van der Waals surface area contributed by atoms with Gasteiger partial charge in [-0.2, -0.15) is 0 Å². The molecule has 0 fully saturated rings. The molecule has 0 saturated heterocycles. The highest BCUT2D eigenvalue weighted by Gasteiger charge is 2.21. The number of methoxy groups -OCH3 is 1. The van der Waals surface area contributed by atoms with Crippen molar-refractivity contribution in [3.8, 4) is 5.75 Å². The van der Waals surface area contributed by atoms with Crippen LogP contribution in [0.15, 0.2) is 24.3 Å². The Bertz CT molecular complexity index is 407. The van der Waals surface area contributed by atoms with E-state index in [9.17, 15) is 4.79 Å². The van der Waals surface area contributed by atoms with E-state index in [0.29, 0.717) is 13.1 Å². The van der Waals surface area contributed by atoms with E-state index in [2.05, 4.69) is 5.32 Å². The first kappa shape index (κ1) is 15.5. The Kier molecular flexibility index (Phi) is 6.36. The zero-order chi connectivity index (χ0) is 14.3. The molecule has 19 heavy (non-hydrogen) atoms. The van der Waals surface area contributed by atoms with Crippen molar-refractivity contribution in [2.75, 3.05) is 26.7 Å². The maximum absolute atomic E-state index is 12.2. The summed E-state index contributed by atoms with van der Waals surface area (Å²) in [6, 6.07) is 7.84. The van der Waals surface area contributed by atoms with Crippen LogP contribution in [-0.4, -0.2) is 37.6 Å². The van der Waals surface area contributed by atoms with Crippen molar-refractivity contribution in [1.82, 2.24) is 10.2 Å². The quantitative estimate of drug-likeness (QED) is 0.821. The van der Waals surface area contributed by atoms with Crippen molar-refractivity contribution < 1.29 is 9.53 Å². The molecule has 0 radical (unpaired) electrons. The van der Waals surface area contributed by atoms with Crippen LogP contribution in [0, 0.1) is 0 Å². The predicted octanol–water partition coefficient (Wildman–Crippen LogP) is 2.21. The van der Waals surface area contributed by atoms with Gasteiger partial charge in [0.25, 0.3) is 0 Å². The highest BCUT2D eigenvalue weighted by molar-refractivity contribution is 5.78. The molecule has 1 rings (SSSR count). The maximum atomic E-state index is 12.2. The molecule has 1 amide bonds. The first-order valence-electron chi connectivity index (χ1n) is 6.78. The number of nitrogens with zero attached hydrogens (tertiary/aromatic N) is 1. The van der Waals surface area contributed by atoms with E-state index in [0.717, 1.165) is 17.9 Å². The third kappa shape index (κ3) is 3.96. The Morgan fingerprint density at radius 2 is 2.05 bits per heavy atom. The second kappa shape index (κ2) is 7.79. The van der Waals surface area contributed by atoms with Crippen LogP contribution < -0.4 is 10.1 Å². The number of likely N-dealkylation sites (N-methyl/N-ethyl adjacent to an activating group) is 2. The monoisotopic (exact) mass is 264 g/mol. The molecule has 0 aromatic heterocycles. The molecule has 1 N–H and O–H groups in total. The summed E-state index contributed by atoms with van der Waals surface area (Å²) >= 11 is 0. The highest BCUT2D eigenvalue weighted by atomic mass is 16.5. The average Bonchev–Trinajstić information content (AvgIpc) is 2.45. The zero-order valence-corrected chi connectivity index (χ0v) is 12.3. The van der Waals surface area contributed by atoms with Crippen LogP contribution in [0.2, 0.25) is 0 Å². The molecule has 0 unspecified atom stereocenters. The lowest BCUT2D eigenvalue weighted by Gasteiger charge is -2.29.